The molecule has 5 heteroatoms. The first-order chi connectivity index (χ1) is 9.72. The number of hydrogen-bond donors (Lipinski definition) is 1. The van der Waals surface area contributed by atoms with Crippen molar-refractivity contribution >= 4 is 21.7 Å². The van der Waals surface area contributed by atoms with Crippen molar-refractivity contribution in [3.63, 3.8) is 0 Å². The van der Waals surface area contributed by atoms with E-state index in [1.807, 2.05) is 0 Å². The number of anilines is 1. The Labute approximate surface area is 130 Å². The fraction of sp³-hybridized carbons (Fsp3) is 0.733. The summed E-state index contributed by atoms with van der Waals surface area (Å²) >= 11 is 3.52. The zero-order chi connectivity index (χ0) is 14.8. The molecule has 114 valence electrons. The Morgan fingerprint density at radius 3 is 2.70 bits per heavy atom. The predicted molar refractivity (Wildman–Crippen MR) is 87.3 cm³/mol. The topological polar surface area (TPSA) is 47.0 Å². The molecular formula is C15H26BrN3O. The fourth-order valence-corrected chi connectivity index (χ4v) is 2.38. The molecule has 0 aliphatic rings. The van der Waals surface area contributed by atoms with Crippen molar-refractivity contribution in [2.24, 2.45) is 5.92 Å². The quantitative estimate of drug-likeness (QED) is 0.671. The molecule has 0 aliphatic carbocycles. The zero-order valence-electron chi connectivity index (χ0n) is 12.8. The minimum Gasteiger partial charge on any atom is -0.476 e. The van der Waals surface area contributed by atoms with Crippen LogP contribution in [0.3, 0.4) is 0 Å². The largest absolute Gasteiger partial charge is 0.476 e. The summed E-state index contributed by atoms with van der Waals surface area (Å²) in [6.07, 6.45) is 7.46. The van der Waals surface area contributed by atoms with E-state index < -0.39 is 0 Å². The lowest BCUT2D eigenvalue weighted by Crippen LogP contribution is -2.13. The van der Waals surface area contributed by atoms with Crippen LogP contribution in [0, 0.1) is 5.92 Å². The van der Waals surface area contributed by atoms with Crippen molar-refractivity contribution < 1.29 is 4.74 Å². The van der Waals surface area contributed by atoms with Gasteiger partial charge in [0.25, 0.3) is 0 Å². The van der Waals surface area contributed by atoms with Crippen LogP contribution >= 0.6 is 15.9 Å². The van der Waals surface area contributed by atoms with Crippen LogP contribution in [0.25, 0.3) is 0 Å². The highest BCUT2D eigenvalue weighted by Crippen LogP contribution is 2.29. The van der Waals surface area contributed by atoms with Gasteiger partial charge in [-0.25, -0.2) is 9.97 Å². The van der Waals surface area contributed by atoms with Crippen molar-refractivity contribution in [2.45, 2.75) is 52.9 Å². The summed E-state index contributed by atoms with van der Waals surface area (Å²) in [6, 6.07) is 0. The second-order valence-electron chi connectivity index (χ2n) is 5.00. The molecule has 0 amide bonds. The number of nitrogens with zero attached hydrogens (tertiary/aromatic N) is 2. The number of aromatic nitrogens is 2. The van der Waals surface area contributed by atoms with Crippen molar-refractivity contribution in [3.05, 3.63) is 10.8 Å². The maximum absolute atomic E-state index is 5.87. The van der Waals surface area contributed by atoms with Gasteiger partial charge in [0.05, 0.1) is 6.61 Å². The fourth-order valence-electron chi connectivity index (χ4n) is 1.92. The Bertz CT molecular complexity index is 387. The van der Waals surface area contributed by atoms with Gasteiger partial charge in [0, 0.05) is 6.54 Å². The molecule has 20 heavy (non-hydrogen) atoms. The summed E-state index contributed by atoms with van der Waals surface area (Å²) in [5.74, 6) is 2.04. The van der Waals surface area contributed by atoms with Crippen LogP contribution in [0.1, 0.15) is 52.9 Å². The van der Waals surface area contributed by atoms with Crippen LogP contribution in [-0.2, 0) is 0 Å². The lowest BCUT2D eigenvalue weighted by atomic mass is 10.0. The highest BCUT2D eigenvalue weighted by atomic mass is 79.9. The van der Waals surface area contributed by atoms with Crippen LogP contribution in [0.2, 0.25) is 0 Å². The van der Waals surface area contributed by atoms with Gasteiger partial charge in [-0.1, -0.05) is 40.0 Å². The number of nitrogens with one attached hydrogen (secondary N) is 1. The standard InChI is InChI=1S/C15H26BrN3O/c1-4-7-8-12(6-3)10-20-15-13(16)14(17-9-5-2)18-11-19-15/h11-12H,4-10H2,1-3H3,(H,17,18,19). The van der Waals surface area contributed by atoms with Crippen molar-refractivity contribution in [2.75, 3.05) is 18.5 Å². The molecule has 1 aromatic rings. The number of halogens is 1. The molecule has 0 saturated carbocycles. The molecule has 1 atom stereocenters. The zero-order valence-corrected chi connectivity index (χ0v) is 14.4. The van der Waals surface area contributed by atoms with Crippen molar-refractivity contribution in [1.82, 2.24) is 9.97 Å². The van der Waals surface area contributed by atoms with E-state index in [4.69, 9.17) is 4.74 Å². The van der Waals surface area contributed by atoms with Crippen LogP contribution in [0.15, 0.2) is 10.8 Å². The van der Waals surface area contributed by atoms with Gasteiger partial charge in [0.15, 0.2) is 0 Å². The van der Waals surface area contributed by atoms with Crippen molar-refractivity contribution in [1.29, 1.82) is 0 Å². The Balaban J connectivity index is 2.58. The summed E-state index contributed by atoms with van der Waals surface area (Å²) in [4.78, 5) is 8.44. The molecule has 1 N–H and O–H groups in total. The molecule has 0 saturated heterocycles. The minimum absolute atomic E-state index is 0.601. The number of hydrogen-bond acceptors (Lipinski definition) is 4. The van der Waals surface area contributed by atoms with E-state index in [1.165, 1.54) is 19.3 Å². The maximum atomic E-state index is 5.87. The third-order valence-electron chi connectivity index (χ3n) is 3.30. The van der Waals surface area contributed by atoms with Crippen LogP contribution in [-0.4, -0.2) is 23.1 Å². The van der Waals surface area contributed by atoms with E-state index in [2.05, 4.69) is 52.0 Å². The number of unbranched alkanes of at least 4 members (excludes halogenated alkanes) is 1. The lowest BCUT2D eigenvalue weighted by molar-refractivity contribution is 0.224. The summed E-state index contributed by atoms with van der Waals surface area (Å²) in [5.41, 5.74) is 0. The monoisotopic (exact) mass is 343 g/mol. The molecule has 0 bridgehead atoms. The molecule has 1 unspecified atom stereocenters. The number of ether oxygens (including phenoxy) is 1. The molecule has 1 rings (SSSR count). The third-order valence-corrected chi connectivity index (χ3v) is 4.01. The molecule has 0 aliphatic heterocycles. The normalized spacial score (nSPS) is 12.2. The minimum atomic E-state index is 0.601. The maximum Gasteiger partial charge on any atom is 0.233 e. The van der Waals surface area contributed by atoms with Crippen LogP contribution in [0.4, 0.5) is 5.82 Å². The average Bonchev–Trinajstić information content (AvgIpc) is 2.47. The van der Waals surface area contributed by atoms with Gasteiger partial charge in [-0.2, -0.15) is 0 Å². The molecule has 0 fully saturated rings. The number of rotatable bonds is 10. The van der Waals surface area contributed by atoms with E-state index in [9.17, 15) is 0 Å². The molecule has 1 aromatic heterocycles. The lowest BCUT2D eigenvalue weighted by Gasteiger charge is -2.16. The molecule has 4 nitrogen and oxygen atoms in total. The van der Waals surface area contributed by atoms with Gasteiger partial charge in [0.1, 0.15) is 16.6 Å². The third kappa shape index (κ3) is 5.65. The Kier molecular flexibility index (Phi) is 8.58. The van der Waals surface area contributed by atoms with E-state index in [-0.39, 0.29) is 0 Å². The van der Waals surface area contributed by atoms with Crippen molar-refractivity contribution in [3.8, 4) is 5.88 Å². The molecular weight excluding hydrogens is 318 g/mol. The Morgan fingerprint density at radius 1 is 1.25 bits per heavy atom. The van der Waals surface area contributed by atoms with Gasteiger partial charge in [-0.05, 0) is 34.7 Å². The molecule has 1 heterocycles. The molecule has 0 spiro atoms. The Morgan fingerprint density at radius 2 is 2.05 bits per heavy atom. The first-order valence-electron chi connectivity index (χ1n) is 7.60. The van der Waals surface area contributed by atoms with Crippen LogP contribution in [0.5, 0.6) is 5.88 Å². The Hall–Kier alpha value is -0.840. The van der Waals surface area contributed by atoms with Gasteiger partial charge in [-0.15, -0.1) is 0 Å². The SMILES string of the molecule is CCCCC(CC)COc1ncnc(NCCC)c1Br. The van der Waals surface area contributed by atoms with Gasteiger partial charge in [0.2, 0.25) is 5.88 Å². The van der Waals surface area contributed by atoms with Crippen LogP contribution < -0.4 is 10.1 Å². The highest BCUT2D eigenvalue weighted by Gasteiger charge is 2.12. The first kappa shape index (κ1) is 17.2. The summed E-state index contributed by atoms with van der Waals surface area (Å²) in [5, 5.41) is 3.26. The first-order valence-corrected chi connectivity index (χ1v) is 8.39. The highest BCUT2D eigenvalue weighted by molar-refractivity contribution is 9.10. The van der Waals surface area contributed by atoms with E-state index in [0.717, 1.165) is 36.3 Å². The van der Waals surface area contributed by atoms with E-state index >= 15 is 0 Å². The second kappa shape index (κ2) is 9.97. The summed E-state index contributed by atoms with van der Waals surface area (Å²) < 4.78 is 6.69. The molecule has 0 radical (unpaired) electrons. The van der Waals surface area contributed by atoms with Gasteiger partial charge in [-0.3, -0.25) is 0 Å². The van der Waals surface area contributed by atoms with Gasteiger partial charge >= 0.3 is 0 Å². The van der Waals surface area contributed by atoms with Gasteiger partial charge < -0.3 is 10.1 Å². The smallest absolute Gasteiger partial charge is 0.233 e. The van der Waals surface area contributed by atoms with E-state index in [0.29, 0.717) is 11.8 Å². The average molecular weight is 344 g/mol. The summed E-state index contributed by atoms with van der Waals surface area (Å²) in [6.45, 7) is 8.18. The molecule has 0 aromatic carbocycles. The second-order valence-corrected chi connectivity index (χ2v) is 5.79. The van der Waals surface area contributed by atoms with E-state index in [1.54, 1.807) is 6.33 Å². The summed E-state index contributed by atoms with van der Waals surface area (Å²) in [7, 11) is 0. The predicted octanol–water partition coefficient (Wildman–Crippen LogP) is 4.66.